The van der Waals surface area contributed by atoms with Crippen molar-refractivity contribution in [3.8, 4) is 11.3 Å². The van der Waals surface area contributed by atoms with E-state index >= 15 is 0 Å². The first-order chi connectivity index (χ1) is 11.9. The molecule has 0 aliphatic carbocycles. The average Bonchev–Trinajstić information content (AvgIpc) is 3.03. The Morgan fingerprint density at radius 2 is 2.00 bits per heavy atom. The van der Waals surface area contributed by atoms with Gasteiger partial charge in [0.1, 0.15) is 0 Å². The molecule has 1 N–H and O–H groups in total. The summed E-state index contributed by atoms with van der Waals surface area (Å²) in [5.41, 5.74) is 4.41. The second-order valence-corrected chi connectivity index (χ2v) is 5.60. The maximum atomic E-state index is 5.09. The third kappa shape index (κ3) is 4.28. The van der Waals surface area contributed by atoms with Crippen LogP contribution in [0.5, 0.6) is 0 Å². The predicted octanol–water partition coefficient (Wildman–Crippen LogP) is 2.73. The van der Waals surface area contributed by atoms with Gasteiger partial charge in [0.25, 0.3) is 0 Å². The number of aromatic nitrogens is 3. The zero-order valence-electron chi connectivity index (χ0n) is 13.9. The molecule has 5 heteroatoms. The minimum atomic E-state index is 0.695. The lowest BCUT2D eigenvalue weighted by molar-refractivity contribution is 0.199. The van der Waals surface area contributed by atoms with Gasteiger partial charge in [-0.2, -0.15) is 5.10 Å². The summed E-state index contributed by atoms with van der Waals surface area (Å²) in [6, 6.07) is 14.3. The number of nitrogens with zero attached hydrogens (tertiary/aromatic N) is 3. The van der Waals surface area contributed by atoms with Crippen LogP contribution in [0.4, 0.5) is 0 Å². The molecule has 1 aromatic carbocycles. The number of ether oxygens (including phenoxy) is 1. The lowest BCUT2D eigenvalue weighted by Crippen LogP contribution is -2.18. The second-order valence-electron chi connectivity index (χ2n) is 5.60. The Balaban J connectivity index is 1.82. The van der Waals surface area contributed by atoms with Gasteiger partial charge in [0.05, 0.1) is 18.8 Å². The molecule has 3 aromatic rings. The number of hydrogen-bond acceptors (Lipinski definition) is 4. The van der Waals surface area contributed by atoms with E-state index in [2.05, 4.69) is 28.6 Å². The fraction of sp³-hybridized carbons (Fsp3) is 0.263. The standard InChI is InChI=1S/C19H22N4O/c1-24-11-10-21-13-18-15-23(14-16-6-3-2-4-7-16)22-19(18)17-8-5-9-20-12-17/h2-9,12,15,21H,10-11,13-14H2,1H3. The van der Waals surface area contributed by atoms with Crippen molar-refractivity contribution in [2.24, 2.45) is 0 Å². The van der Waals surface area contributed by atoms with Crippen molar-refractivity contribution in [3.05, 3.63) is 72.2 Å². The van der Waals surface area contributed by atoms with E-state index in [0.717, 1.165) is 36.5 Å². The van der Waals surface area contributed by atoms with Crippen LogP contribution in [0.2, 0.25) is 0 Å². The summed E-state index contributed by atoms with van der Waals surface area (Å²) in [4.78, 5) is 4.22. The Kier molecular flexibility index (Phi) is 5.71. The third-order valence-corrected chi connectivity index (χ3v) is 3.76. The van der Waals surface area contributed by atoms with Crippen LogP contribution in [0.25, 0.3) is 11.3 Å². The second kappa shape index (κ2) is 8.38. The number of pyridine rings is 1. The van der Waals surface area contributed by atoms with Gasteiger partial charge in [-0.05, 0) is 17.7 Å². The zero-order valence-corrected chi connectivity index (χ0v) is 13.9. The predicted molar refractivity (Wildman–Crippen MR) is 94.6 cm³/mol. The zero-order chi connectivity index (χ0) is 16.6. The van der Waals surface area contributed by atoms with Crippen molar-refractivity contribution in [2.45, 2.75) is 13.1 Å². The molecule has 0 radical (unpaired) electrons. The van der Waals surface area contributed by atoms with E-state index in [0.29, 0.717) is 6.61 Å². The molecule has 0 atom stereocenters. The van der Waals surface area contributed by atoms with Crippen molar-refractivity contribution in [1.29, 1.82) is 0 Å². The Morgan fingerprint density at radius 1 is 1.12 bits per heavy atom. The molecule has 0 unspecified atom stereocenters. The normalized spacial score (nSPS) is 10.9. The Bertz CT molecular complexity index is 741. The largest absolute Gasteiger partial charge is 0.383 e. The molecule has 0 fully saturated rings. The van der Waals surface area contributed by atoms with Gasteiger partial charge >= 0.3 is 0 Å². The van der Waals surface area contributed by atoms with Gasteiger partial charge in [-0.3, -0.25) is 9.67 Å². The molecule has 0 saturated carbocycles. The first kappa shape index (κ1) is 16.4. The summed E-state index contributed by atoms with van der Waals surface area (Å²) in [5.74, 6) is 0. The van der Waals surface area contributed by atoms with Gasteiger partial charge in [-0.25, -0.2) is 0 Å². The van der Waals surface area contributed by atoms with Crippen LogP contribution in [0.1, 0.15) is 11.1 Å². The topological polar surface area (TPSA) is 52.0 Å². The summed E-state index contributed by atoms with van der Waals surface area (Å²) in [6.07, 6.45) is 5.74. The molecular weight excluding hydrogens is 300 g/mol. The van der Waals surface area contributed by atoms with Crippen LogP contribution in [0, 0.1) is 0 Å². The summed E-state index contributed by atoms with van der Waals surface area (Å²) in [5, 5.41) is 8.17. The fourth-order valence-corrected chi connectivity index (χ4v) is 2.59. The average molecular weight is 322 g/mol. The van der Waals surface area contributed by atoms with Gasteiger partial charge < -0.3 is 10.1 Å². The van der Waals surface area contributed by atoms with Crippen LogP contribution in [0.15, 0.2) is 61.1 Å². The summed E-state index contributed by atoms with van der Waals surface area (Å²) in [7, 11) is 1.71. The number of hydrogen-bond donors (Lipinski definition) is 1. The minimum Gasteiger partial charge on any atom is -0.383 e. The van der Waals surface area contributed by atoms with Crippen molar-refractivity contribution in [1.82, 2.24) is 20.1 Å². The number of nitrogens with one attached hydrogen (secondary N) is 1. The van der Waals surface area contributed by atoms with Crippen LogP contribution >= 0.6 is 0 Å². The molecule has 0 spiro atoms. The molecule has 0 amide bonds. The van der Waals surface area contributed by atoms with Crippen molar-refractivity contribution in [2.75, 3.05) is 20.3 Å². The highest BCUT2D eigenvalue weighted by atomic mass is 16.5. The highest BCUT2D eigenvalue weighted by Gasteiger charge is 2.11. The van der Waals surface area contributed by atoms with E-state index in [9.17, 15) is 0 Å². The Morgan fingerprint density at radius 3 is 2.75 bits per heavy atom. The highest BCUT2D eigenvalue weighted by Crippen LogP contribution is 2.21. The third-order valence-electron chi connectivity index (χ3n) is 3.76. The monoisotopic (exact) mass is 322 g/mol. The lowest BCUT2D eigenvalue weighted by Gasteiger charge is -2.04. The van der Waals surface area contributed by atoms with Crippen molar-refractivity contribution in [3.63, 3.8) is 0 Å². The maximum absolute atomic E-state index is 5.09. The molecule has 124 valence electrons. The molecular formula is C19H22N4O. The summed E-state index contributed by atoms with van der Waals surface area (Å²) in [6.45, 7) is 3.02. The number of benzene rings is 1. The Labute approximate surface area is 142 Å². The van der Waals surface area contributed by atoms with E-state index < -0.39 is 0 Å². The van der Waals surface area contributed by atoms with Crippen LogP contribution in [-0.2, 0) is 17.8 Å². The molecule has 24 heavy (non-hydrogen) atoms. The van der Waals surface area contributed by atoms with E-state index in [1.807, 2.05) is 41.2 Å². The van der Waals surface area contributed by atoms with Crippen LogP contribution in [-0.4, -0.2) is 35.0 Å². The van der Waals surface area contributed by atoms with Gasteiger partial charge in [0.2, 0.25) is 0 Å². The minimum absolute atomic E-state index is 0.695. The van der Waals surface area contributed by atoms with Crippen LogP contribution in [0.3, 0.4) is 0 Å². The molecule has 0 aliphatic heterocycles. The lowest BCUT2D eigenvalue weighted by atomic mass is 10.1. The summed E-state index contributed by atoms with van der Waals surface area (Å²) >= 11 is 0. The van der Waals surface area contributed by atoms with Gasteiger partial charge in [-0.1, -0.05) is 30.3 Å². The van der Waals surface area contributed by atoms with E-state index in [-0.39, 0.29) is 0 Å². The highest BCUT2D eigenvalue weighted by molar-refractivity contribution is 5.61. The first-order valence-electron chi connectivity index (χ1n) is 8.07. The van der Waals surface area contributed by atoms with Crippen molar-refractivity contribution >= 4 is 0 Å². The first-order valence-corrected chi connectivity index (χ1v) is 8.07. The molecule has 0 saturated heterocycles. The Hall–Kier alpha value is -2.50. The van der Waals surface area contributed by atoms with Gasteiger partial charge in [0.15, 0.2) is 0 Å². The molecule has 2 heterocycles. The number of methoxy groups -OCH3 is 1. The van der Waals surface area contributed by atoms with Crippen LogP contribution < -0.4 is 5.32 Å². The molecule has 0 bridgehead atoms. The summed E-state index contributed by atoms with van der Waals surface area (Å²) < 4.78 is 7.08. The van der Waals surface area contributed by atoms with E-state index in [1.165, 1.54) is 5.56 Å². The van der Waals surface area contributed by atoms with Gasteiger partial charge in [-0.15, -0.1) is 0 Å². The molecule has 2 aromatic heterocycles. The van der Waals surface area contributed by atoms with E-state index in [4.69, 9.17) is 9.84 Å². The van der Waals surface area contributed by atoms with Gasteiger partial charge in [0, 0.05) is 49.9 Å². The van der Waals surface area contributed by atoms with E-state index in [1.54, 1.807) is 13.3 Å². The fourth-order valence-electron chi connectivity index (χ4n) is 2.59. The van der Waals surface area contributed by atoms with Crippen molar-refractivity contribution < 1.29 is 4.74 Å². The molecule has 0 aliphatic rings. The number of rotatable bonds is 8. The smallest absolute Gasteiger partial charge is 0.0983 e. The maximum Gasteiger partial charge on any atom is 0.0983 e. The molecule has 5 nitrogen and oxygen atoms in total. The SMILES string of the molecule is COCCNCc1cn(Cc2ccccc2)nc1-c1cccnc1. The quantitative estimate of drug-likeness (QED) is 0.648. The molecule has 3 rings (SSSR count).